The summed E-state index contributed by atoms with van der Waals surface area (Å²) in [6.45, 7) is 0. The Morgan fingerprint density at radius 1 is 0.917 bits per heavy atom. The number of hydrogen-bond acceptors (Lipinski definition) is 2. The Labute approximate surface area is 138 Å². The quantitative estimate of drug-likeness (QED) is 0.582. The first kappa shape index (κ1) is 14.3. The molecule has 0 aliphatic heterocycles. The summed E-state index contributed by atoms with van der Waals surface area (Å²) in [6, 6.07) is 18.5. The van der Waals surface area contributed by atoms with E-state index in [4.69, 9.17) is 0 Å². The molecule has 2 aromatic heterocycles. The highest BCUT2D eigenvalue weighted by atomic mass is 19.1. The minimum Gasteiger partial charge on any atom is -0.337 e. The molecule has 0 saturated carbocycles. The third-order valence-corrected chi connectivity index (χ3v) is 3.77. The normalized spacial score (nSPS) is 11.4. The number of H-pyrrole nitrogens is 1. The number of imidazole rings is 1. The summed E-state index contributed by atoms with van der Waals surface area (Å²) in [7, 11) is 0. The van der Waals surface area contributed by atoms with Crippen LogP contribution in [0.5, 0.6) is 0 Å². The number of benzene rings is 2. The van der Waals surface area contributed by atoms with E-state index in [0.29, 0.717) is 17.0 Å². The minimum atomic E-state index is -0.262. The fraction of sp³-hybridized carbons (Fsp3) is 0. The molecule has 0 unspecified atom stereocenters. The van der Waals surface area contributed by atoms with Gasteiger partial charge in [-0.1, -0.05) is 54.6 Å². The van der Waals surface area contributed by atoms with Gasteiger partial charge in [-0.05, 0) is 23.8 Å². The second-order valence-corrected chi connectivity index (χ2v) is 5.44. The number of pyridine rings is 1. The molecule has 3 nitrogen and oxygen atoms in total. The van der Waals surface area contributed by atoms with Gasteiger partial charge in [0, 0.05) is 17.3 Å². The number of nitrogens with one attached hydrogen (secondary N) is 1. The van der Waals surface area contributed by atoms with Crippen LogP contribution in [0, 0.1) is 5.82 Å². The summed E-state index contributed by atoms with van der Waals surface area (Å²) in [5, 5.41) is 0. The summed E-state index contributed by atoms with van der Waals surface area (Å²) in [6.07, 6.45) is 5.53. The van der Waals surface area contributed by atoms with Gasteiger partial charge in [0.1, 0.15) is 11.6 Å². The third-order valence-electron chi connectivity index (χ3n) is 3.77. The van der Waals surface area contributed by atoms with Crippen LogP contribution in [0.1, 0.15) is 11.4 Å². The first-order chi connectivity index (χ1) is 11.8. The van der Waals surface area contributed by atoms with Crippen LogP contribution >= 0.6 is 0 Å². The van der Waals surface area contributed by atoms with E-state index in [1.54, 1.807) is 18.3 Å². The van der Waals surface area contributed by atoms with E-state index in [1.165, 1.54) is 6.07 Å². The zero-order valence-electron chi connectivity index (χ0n) is 12.8. The van der Waals surface area contributed by atoms with Gasteiger partial charge in [-0.15, -0.1) is 0 Å². The van der Waals surface area contributed by atoms with Crippen molar-refractivity contribution in [3.05, 3.63) is 84.1 Å². The summed E-state index contributed by atoms with van der Waals surface area (Å²) in [5.74, 6) is 0.453. The topological polar surface area (TPSA) is 41.6 Å². The number of rotatable bonds is 3. The molecule has 4 rings (SSSR count). The molecule has 0 amide bonds. The lowest BCUT2D eigenvalue weighted by atomic mass is 10.1. The minimum absolute atomic E-state index is 0.262. The first-order valence-electron chi connectivity index (χ1n) is 7.63. The lowest BCUT2D eigenvalue weighted by Gasteiger charge is -2.02. The molecule has 0 aliphatic carbocycles. The highest BCUT2D eigenvalue weighted by Crippen LogP contribution is 2.24. The summed E-state index contributed by atoms with van der Waals surface area (Å²) in [5.41, 5.74) is 3.75. The maximum Gasteiger partial charge on any atom is 0.178 e. The van der Waals surface area contributed by atoms with Gasteiger partial charge in [0.05, 0.1) is 5.52 Å². The van der Waals surface area contributed by atoms with Crippen LogP contribution in [0.15, 0.2) is 66.9 Å². The molecule has 2 aromatic carbocycles. The molecular formula is C20H14FN3. The van der Waals surface area contributed by atoms with E-state index in [1.807, 2.05) is 54.6 Å². The van der Waals surface area contributed by atoms with Gasteiger partial charge in [-0.2, -0.15) is 0 Å². The lowest BCUT2D eigenvalue weighted by molar-refractivity contribution is 0.631. The van der Waals surface area contributed by atoms with Crippen LogP contribution in [0.2, 0.25) is 0 Å². The Morgan fingerprint density at radius 3 is 2.54 bits per heavy atom. The maximum absolute atomic E-state index is 13.9. The van der Waals surface area contributed by atoms with Crippen molar-refractivity contribution in [2.24, 2.45) is 0 Å². The highest BCUT2D eigenvalue weighted by molar-refractivity contribution is 5.80. The van der Waals surface area contributed by atoms with Gasteiger partial charge in [0.2, 0.25) is 0 Å². The second kappa shape index (κ2) is 6.08. The summed E-state index contributed by atoms with van der Waals surface area (Å²) >= 11 is 0. The van der Waals surface area contributed by atoms with Crippen molar-refractivity contribution in [3.63, 3.8) is 0 Å². The average Bonchev–Trinajstić information content (AvgIpc) is 3.03. The number of aromatic amines is 1. The van der Waals surface area contributed by atoms with Gasteiger partial charge in [-0.3, -0.25) is 0 Å². The highest BCUT2D eigenvalue weighted by Gasteiger charge is 2.08. The van der Waals surface area contributed by atoms with Crippen molar-refractivity contribution in [2.45, 2.75) is 0 Å². The fourth-order valence-corrected chi connectivity index (χ4v) is 2.58. The van der Waals surface area contributed by atoms with Gasteiger partial charge >= 0.3 is 0 Å². The third kappa shape index (κ3) is 2.82. The molecule has 24 heavy (non-hydrogen) atoms. The Morgan fingerprint density at radius 2 is 1.71 bits per heavy atom. The predicted octanol–water partition coefficient (Wildman–Crippen LogP) is 4.93. The summed E-state index contributed by atoms with van der Waals surface area (Å²) < 4.78 is 13.9. The number of nitrogens with zero attached hydrogens (tertiary/aromatic N) is 2. The zero-order valence-corrected chi connectivity index (χ0v) is 12.8. The van der Waals surface area contributed by atoms with Crippen molar-refractivity contribution in [2.75, 3.05) is 0 Å². The van der Waals surface area contributed by atoms with Gasteiger partial charge < -0.3 is 4.98 Å². The van der Waals surface area contributed by atoms with Crippen LogP contribution in [0.3, 0.4) is 0 Å². The number of fused-ring (bicyclic) bond motifs is 1. The molecule has 1 N–H and O–H groups in total. The largest absolute Gasteiger partial charge is 0.337 e. The van der Waals surface area contributed by atoms with Gasteiger partial charge in [0.15, 0.2) is 5.65 Å². The fourth-order valence-electron chi connectivity index (χ4n) is 2.58. The molecule has 0 aliphatic rings. The lowest BCUT2D eigenvalue weighted by Crippen LogP contribution is -1.85. The van der Waals surface area contributed by atoms with E-state index in [2.05, 4.69) is 15.0 Å². The Bertz CT molecular complexity index is 1020. The molecule has 0 bridgehead atoms. The molecule has 0 radical (unpaired) electrons. The molecule has 0 fully saturated rings. The van der Waals surface area contributed by atoms with Crippen LogP contribution in [-0.4, -0.2) is 15.0 Å². The number of hydrogen-bond donors (Lipinski definition) is 1. The maximum atomic E-state index is 13.9. The molecule has 4 aromatic rings. The Hall–Kier alpha value is -3.27. The molecule has 4 heteroatoms. The molecule has 0 saturated heterocycles. The smallest absolute Gasteiger partial charge is 0.178 e. The van der Waals surface area contributed by atoms with E-state index in [-0.39, 0.29) is 5.82 Å². The standard InChI is InChI=1S/C20H14FN3/c21-17-9-5-4-8-16(17)15-12-18-20(22-13-15)24-19(23-18)11-10-14-6-2-1-3-7-14/h1-13H,(H,22,23,24). The monoisotopic (exact) mass is 315 g/mol. The van der Waals surface area contributed by atoms with Gasteiger partial charge in [-0.25, -0.2) is 14.4 Å². The molecule has 2 heterocycles. The van der Waals surface area contributed by atoms with Crippen LogP contribution in [0.4, 0.5) is 4.39 Å². The van der Waals surface area contributed by atoms with Crippen molar-refractivity contribution in [1.29, 1.82) is 0 Å². The summed E-state index contributed by atoms with van der Waals surface area (Å²) in [4.78, 5) is 12.0. The van der Waals surface area contributed by atoms with Crippen LogP contribution < -0.4 is 0 Å². The molecule has 0 atom stereocenters. The van der Waals surface area contributed by atoms with Crippen molar-refractivity contribution >= 4 is 23.3 Å². The van der Waals surface area contributed by atoms with Crippen LogP contribution in [0.25, 0.3) is 34.4 Å². The zero-order chi connectivity index (χ0) is 16.4. The number of aromatic nitrogens is 3. The van der Waals surface area contributed by atoms with E-state index < -0.39 is 0 Å². The molecule has 0 spiro atoms. The number of halogens is 1. The Kier molecular flexibility index (Phi) is 3.63. The van der Waals surface area contributed by atoms with E-state index in [0.717, 1.165) is 16.6 Å². The molecular weight excluding hydrogens is 301 g/mol. The van der Waals surface area contributed by atoms with E-state index in [9.17, 15) is 4.39 Å². The predicted molar refractivity (Wildman–Crippen MR) is 94.7 cm³/mol. The van der Waals surface area contributed by atoms with E-state index >= 15 is 0 Å². The van der Waals surface area contributed by atoms with Crippen molar-refractivity contribution in [1.82, 2.24) is 15.0 Å². The first-order valence-corrected chi connectivity index (χ1v) is 7.63. The Balaban J connectivity index is 1.69. The van der Waals surface area contributed by atoms with Gasteiger partial charge in [0.25, 0.3) is 0 Å². The SMILES string of the molecule is Fc1ccccc1-c1cnc2nc(C=Cc3ccccc3)[nH]c2c1. The van der Waals surface area contributed by atoms with Crippen LogP contribution in [-0.2, 0) is 0 Å². The second-order valence-electron chi connectivity index (χ2n) is 5.44. The molecule has 116 valence electrons. The van der Waals surface area contributed by atoms with Crippen molar-refractivity contribution in [3.8, 4) is 11.1 Å². The average molecular weight is 315 g/mol. The van der Waals surface area contributed by atoms with Crippen molar-refractivity contribution < 1.29 is 4.39 Å².